The topological polar surface area (TPSA) is 84.9 Å². The van der Waals surface area contributed by atoms with E-state index in [1.165, 1.54) is 0 Å². The number of nitrogens with one attached hydrogen (secondary N) is 1. The van der Waals surface area contributed by atoms with Gasteiger partial charge in [0.1, 0.15) is 12.4 Å². The van der Waals surface area contributed by atoms with E-state index in [4.69, 9.17) is 14.6 Å². The zero-order valence-electron chi connectivity index (χ0n) is 14.0. The monoisotopic (exact) mass is 343 g/mol. The van der Waals surface area contributed by atoms with Crippen LogP contribution in [0.25, 0.3) is 0 Å². The van der Waals surface area contributed by atoms with E-state index in [2.05, 4.69) is 5.32 Å². The molecule has 0 radical (unpaired) electrons. The van der Waals surface area contributed by atoms with Gasteiger partial charge in [-0.2, -0.15) is 0 Å². The molecule has 2 N–H and O–H groups in total. The van der Waals surface area contributed by atoms with Crippen molar-refractivity contribution in [3.8, 4) is 5.75 Å². The summed E-state index contributed by atoms with van der Waals surface area (Å²) in [5.74, 6) is -0.325. The zero-order chi connectivity index (χ0) is 18.1. The first kappa shape index (κ1) is 18.3. The van der Waals surface area contributed by atoms with E-state index in [9.17, 15) is 9.59 Å². The molecule has 0 aromatic heterocycles. The molecule has 1 amide bonds. The molecule has 0 unspecified atom stereocenters. The molecule has 0 saturated carbocycles. The molecule has 6 heteroatoms. The lowest BCUT2D eigenvalue weighted by atomic mass is 10.0. The summed E-state index contributed by atoms with van der Waals surface area (Å²) in [6, 6.07) is 15.5. The van der Waals surface area contributed by atoms with Crippen LogP contribution < -0.4 is 10.1 Å². The van der Waals surface area contributed by atoms with Gasteiger partial charge in [0, 0.05) is 0 Å². The third-order valence-electron chi connectivity index (χ3n) is 3.48. The van der Waals surface area contributed by atoms with Gasteiger partial charge < -0.3 is 19.9 Å². The molecular formula is C19H21NO5. The fourth-order valence-electron chi connectivity index (χ4n) is 2.30. The highest BCUT2D eigenvalue weighted by Crippen LogP contribution is 2.21. The Morgan fingerprint density at radius 1 is 1.08 bits per heavy atom. The maximum atomic E-state index is 12.0. The minimum Gasteiger partial charge on any atom is -0.494 e. The summed E-state index contributed by atoms with van der Waals surface area (Å²) in [7, 11) is 0. The Bertz CT molecular complexity index is 685. The Morgan fingerprint density at radius 3 is 2.36 bits per heavy atom. The van der Waals surface area contributed by atoms with Crippen LogP contribution in [0.1, 0.15) is 30.5 Å². The fourth-order valence-corrected chi connectivity index (χ4v) is 2.30. The maximum Gasteiger partial charge on any atom is 0.407 e. The van der Waals surface area contributed by atoms with E-state index in [0.717, 1.165) is 5.56 Å². The highest BCUT2D eigenvalue weighted by molar-refractivity contribution is 5.72. The van der Waals surface area contributed by atoms with Gasteiger partial charge in [-0.3, -0.25) is 4.79 Å². The van der Waals surface area contributed by atoms with Crippen LogP contribution in [-0.2, 0) is 16.1 Å². The van der Waals surface area contributed by atoms with Crippen molar-refractivity contribution < 1.29 is 24.2 Å². The van der Waals surface area contributed by atoms with Crippen molar-refractivity contribution in [2.24, 2.45) is 0 Å². The summed E-state index contributed by atoms with van der Waals surface area (Å²) in [5, 5.41) is 11.7. The molecular weight excluding hydrogens is 322 g/mol. The lowest BCUT2D eigenvalue weighted by molar-refractivity contribution is -0.137. The minimum absolute atomic E-state index is 0.121. The van der Waals surface area contributed by atoms with E-state index in [1.54, 1.807) is 24.3 Å². The van der Waals surface area contributed by atoms with Crippen molar-refractivity contribution in [3.05, 3.63) is 65.7 Å². The van der Waals surface area contributed by atoms with Crippen LogP contribution in [0.4, 0.5) is 4.79 Å². The molecule has 1 atom stereocenters. The second kappa shape index (κ2) is 9.32. The third kappa shape index (κ3) is 6.18. The number of carbonyl (C=O) groups is 2. The molecule has 0 spiro atoms. The van der Waals surface area contributed by atoms with Gasteiger partial charge in [-0.05, 0) is 30.2 Å². The van der Waals surface area contributed by atoms with Crippen LogP contribution in [-0.4, -0.2) is 23.8 Å². The molecule has 2 rings (SSSR count). The second-order valence-corrected chi connectivity index (χ2v) is 5.36. The van der Waals surface area contributed by atoms with Crippen molar-refractivity contribution in [3.63, 3.8) is 0 Å². The van der Waals surface area contributed by atoms with Crippen molar-refractivity contribution in [1.82, 2.24) is 5.32 Å². The summed E-state index contributed by atoms with van der Waals surface area (Å²) >= 11 is 0. The number of ether oxygens (including phenoxy) is 2. The number of carboxylic acids is 1. The first-order valence-corrected chi connectivity index (χ1v) is 8.00. The van der Waals surface area contributed by atoms with E-state index in [0.29, 0.717) is 17.9 Å². The van der Waals surface area contributed by atoms with Gasteiger partial charge >= 0.3 is 12.1 Å². The number of alkyl carbamates (subject to hydrolysis) is 1. The van der Waals surface area contributed by atoms with Gasteiger partial charge in [-0.1, -0.05) is 42.5 Å². The lowest BCUT2D eigenvalue weighted by Crippen LogP contribution is -2.30. The fraction of sp³-hybridized carbons (Fsp3) is 0.263. The zero-order valence-corrected chi connectivity index (χ0v) is 14.0. The van der Waals surface area contributed by atoms with Crippen LogP contribution in [0, 0.1) is 0 Å². The number of hydrogen-bond donors (Lipinski definition) is 2. The summed E-state index contributed by atoms with van der Waals surface area (Å²) in [4.78, 5) is 23.1. The van der Waals surface area contributed by atoms with Crippen LogP contribution in [0.5, 0.6) is 5.75 Å². The second-order valence-electron chi connectivity index (χ2n) is 5.36. The number of carbonyl (C=O) groups excluding carboxylic acids is 1. The largest absolute Gasteiger partial charge is 0.494 e. The quantitative estimate of drug-likeness (QED) is 0.766. The summed E-state index contributed by atoms with van der Waals surface area (Å²) < 4.78 is 10.5. The number of benzene rings is 2. The smallest absolute Gasteiger partial charge is 0.407 e. The number of amides is 1. The highest BCUT2D eigenvalue weighted by Gasteiger charge is 2.19. The molecule has 0 bridgehead atoms. The van der Waals surface area contributed by atoms with E-state index >= 15 is 0 Å². The molecule has 0 aliphatic heterocycles. The molecule has 2 aromatic rings. The molecule has 0 fully saturated rings. The molecule has 0 aliphatic rings. The van der Waals surface area contributed by atoms with E-state index in [1.807, 2.05) is 37.3 Å². The minimum atomic E-state index is -1.01. The Balaban J connectivity index is 1.98. The first-order valence-electron chi connectivity index (χ1n) is 8.00. The van der Waals surface area contributed by atoms with Crippen LogP contribution in [0.2, 0.25) is 0 Å². The van der Waals surface area contributed by atoms with Crippen molar-refractivity contribution in [1.29, 1.82) is 0 Å². The molecule has 6 nitrogen and oxygen atoms in total. The molecule has 2 aromatic carbocycles. The van der Waals surface area contributed by atoms with Gasteiger partial charge in [-0.25, -0.2) is 4.79 Å². The molecule has 132 valence electrons. The van der Waals surface area contributed by atoms with Gasteiger partial charge in [0.05, 0.1) is 19.1 Å². The Kier molecular flexibility index (Phi) is 6.83. The number of carboxylic acid groups (broad SMARTS) is 1. The third-order valence-corrected chi connectivity index (χ3v) is 3.48. The molecule has 25 heavy (non-hydrogen) atoms. The molecule has 0 aliphatic carbocycles. The maximum absolute atomic E-state index is 12.0. The van der Waals surface area contributed by atoms with Gasteiger partial charge in [0.25, 0.3) is 0 Å². The van der Waals surface area contributed by atoms with Gasteiger partial charge in [-0.15, -0.1) is 0 Å². The lowest BCUT2D eigenvalue weighted by Gasteiger charge is -2.18. The van der Waals surface area contributed by atoms with Crippen molar-refractivity contribution >= 4 is 12.1 Å². The average Bonchev–Trinajstić information content (AvgIpc) is 2.61. The van der Waals surface area contributed by atoms with Crippen LogP contribution in [0.15, 0.2) is 54.6 Å². The number of rotatable bonds is 8. The Morgan fingerprint density at radius 2 is 1.76 bits per heavy atom. The van der Waals surface area contributed by atoms with Crippen LogP contribution in [0.3, 0.4) is 0 Å². The summed E-state index contributed by atoms with van der Waals surface area (Å²) in [6.45, 7) is 2.54. The van der Waals surface area contributed by atoms with Gasteiger partial charge in [0.2, 0.25) is 0 Å². The summed E-state index contributed by atoms with van der Waals surface area (Å²) in [5.41, 5.74) is 1.52. The standard InChI is InChI=1S/C19H21NO5/c1-2-24-16-10-8-15(9-11-16)17(12-18(21)22)20-19(23)25-13-14-6-4-3-5-7-14/h3-11,17H,2,12-13H2,1H3,(H,20,23)(H,21,22)/t17-/m0/s1. The first-order chi connectivity index (χ1) is 12.1. The SMILES string of the molecule is CCOc1ccc([C@H](CC(=O)O)NC(=O)OCc2ccccc2)cc1. The average molecular weight is 343 g/mol. The molecule has 0 heterocycles. The Hall–Kier alpha value is -3.02. The van der Waals surface area contributed by atoms with Crippen molar-refractivity contribution in [2.45, 2.75) is 26.0 Å². The molecule has 0 saturated heterocycles. The number of hydrogen-bond acceptors (Lipinski definition) is 4. The number of aliphatic carboxylic acids is 1. The Labute approximate surface area is 146 Å². The van der Waals surface area contributed by atoms with Crippen molar-refractivity contribution in [2.75, 3.05) is 6.61 Å². The van der Waals surface area contributed by atoms with Gasteiger partial charge in [0.15, 0.2) is 0 Å². The highest BCUT2D eigenvalue weighted by atomic mass is 16.5. The van der Waals surface area contributed by atoms with Crippen LogP contribution >= 0.6 is 0 Å². The van der Waals surface area contributed by atoms with E-state index < -0.39 is 18.1 Å². The summed E-state index contributed by atoms with van der Waals surface area (Å²) in [6.07, 6.45) is -0.905. The predicted octanol–water partition coefficient (Wildman–Crippen LogP) is 3.53. The predicted molar refractivity (Wildman–Crippen MR) is 92.4 cm³/mol. The van der Waals surface area contributed by atoms with E-state index in [-0.39, 0.29) is 13.0 Å². The normalized spacial score (nSPS) is 11.4.